The smallest absolute Gasteiger partial charge is 0.435 e. The van der Waals surface area contributed by atoms with E-state index in [-0.39, 0.29) is 23.0 Å². The van der Waals surface area contributed by atoms with Gasteiger partial charge >= 0.3 is 24.4 Å². The fourth-order valence-electron chi connectivity index (χ4n) is 3.69. The maximum atomic E-state index is 13.5. The van der Waals surface area contributed by atoms with Gasteiger partial charge in [0.05, 0.1) is 12.1 Å². The van der Waals surface area contributed by atoms with E-state index in [0.717, 1.165) is 29.2 Å². The maximum absolute atomic E-state index is 13.5. The average Bonchev–Trinajstić information content (AvgIpc) is 3.34. The Balaban J connectivity index is 2.05. The van der Waals surface area contributed by atoms with Gasteiger partial charge < -0.3 is 15.2 Å². The number of primary amides is 1. The summed E-state index contributed by atoms with van der Waals surface area (Å²) in [4.78, 5) is 39.1. The Bertz CT molecular complexity index is 1410. The lowest BCUT2D eigenvalue weighted by Gasteiger charge is -2.32. The average molecular weight is 601 g/mol. The van der Waals surface area contributed by atoms with Gasteiger partial charge in [-0.05, 0) is 50.6 Å². The molecule has 0 fully saturated rings. The van der Waals surface area contributed by atoms with Gasteiger partial charge in [0.1, 0.15) is 23.9 Å². The third kappa shape index (κ3) is 8.24. The molecule has 3 aromatic rings. The van der Waals surface area contributed by atoms with E-state index in [4.69, 9.17) is 15.2 Å². The predicted octanol–water partition coefficient (Wildman–Crippen LogP) is 5.64. The molecule has 0 aliphatic heterocycles. The molecule has 2 aromatic carbocycles. The van der Waals surface area contributed by atoms with Gasteiger partial charge in [-0.3, -0.25) is 9.69 Å². The second-order valence-electron chi connectivity index (χ2n) is 9.97. The Morgan fingerprint density at radius 3 is 2.02 bits per heavy atom. The summed E-state index contributed by atoms with van der Waals surface area (Å²) in [5, 5.41) is 3.06. The van der Waals surface area contributed by atoms with Gasteiger partial charge in [0.2, 0.25) is 5.91 Å². The van der Waals surface area contributed by atoms with Crippen molar-refractivity contribution in [3.8, 4) is 5.69 Å². The molecule has 2 amide bonds. The third-order valence-electron chi connectivity index (χ3n) is 5.46. The van der Waals surface area contributed by atoms with E-state index in [0.29, 0.717) is 5.56 Å². The number of hydrogen-bond donors (Lipinski definition) is 1. The highest BCUT2D eigenvalue weighted by Crippen LogP contribution is 2.37. The van der Waals surface area contributed by atoms with Gasteiger partial charge in [-0.25, -0.2) is 14.3 Å². The monoisotopic (exact) mass is 600 g/mol. The Morgan fingerprint density at radius 1 is 0.929 bits per heavy atom. The normalized spacial score (nSPS) is 12.9. The highest BCUT2D eigenvalue weighted by molar-refractivity contribution is 5.98. The molecule has 9 nitrogen and oxygen atoms in total. The van der Waals surface area contributed by atoms with E-state index in [1.54, 1.807) is 30.3 Å². The predicted molar refractivity (Wildman–Crippen MR) is 136 cm³/mol. The lowest BCUT2D eigenvalue weighted by atomic mass is 10.1. The molecule has 15 heteroatoms. The second kappa shape index (κ2) is 12.1. The highest BCUT2D eigenvalue weighted by Gasteiger charge is 2.42. The summed E-state index contributed by atoms with van der Waals surface area (Å²) in [7, 11) is 0. The number of amides is 2. The summed E-state index contributed by atoms with van der Waals surface area (Å²) in [6, 6.07) is 10.6. The van der Waals surface area contributed by atoms with Gasteiger partial charge in [0.25, 0.3) is 0 Å². The Labute approximate surface area is 235 Å². The summed E-state index contributed by atoms with van der Waals surface area (Å²) in [6.07, 6.45) is -12.2. The summed E-state index contributed by atoms with van der Waals surface area (Å²) < 4.78 is 90.7. The van der Waals surface area contributed by atoms with Crippen molar-refractivity contribution in [2.24, 2.45) is 5.73 Å². The van der Waals surface area contributed by atoms with E-state index >= 15 is 0 Å². The van der Waals surface area contributed by atoms with E-state index in [2.05, 4.69) is 5.10 Å². The first-order valence-electron chi connectivity index (χ1n) is 12.2. The van der Waals surface area contributed by atoms with Crippen LogP contribution >= 0.6 is 0 Å². The number of anilines is 1. The molecule has 0 unspecified atom stereocenters. The molecular formula is C27H26F6N4O5. The van der Waals surface area contributed by atoms with Crippen LogP contribution in [-0.2, 0) is 38.0 Å². The molecule has 1 atom stereocenters. The minimum Gasteiger partial charge on any atom is -0.459 e. The lowest BCUT2D eigenvalue weighted by molar-refractivity contribution is -0.148. The molecule has 0 spiro atoms. The Hall–Kier alpha value is -4.56. The molecule has 42 heavy (non-hydrogen) atoms. The number of alkyl halides is 6. The van der Waals surface area contributed by atoms with E-state index in [1.165, 1.54) is 20.8 Å². The number of hydrogen-bond acceptors (Lipinski definition) is 6. The minimum absolute atomic E-state index is 0.0550. The quantitative estimate of drug-likeness (QED) is 0.264. The summed E-state index contributed by atoms with van der Waals surface area (Å²) in [5.41, 5.74) is 0.782. The molecule has 1 heterocycles. The fourth-order valence-corrected chi connectivity index (χ4v) is 3.69. The number of nitrogens with zero attached hydrogens (tertiary/aromatic N) is 3. The number of benzene rings is 2. The number of carbonyl (C=O) groups is 3. The zero-order valence-corrected chi connectivity index (χ0v) is 22.5. The van der Waals surface area contributed by atoms with Crippen molar-refractivity contribution in [1.29, 1.82) is 0 Å². The van der Waals surface area contributed by atoms with Crippen LogP contribution in [-0.4, -0.2) is 39.4 Å². The number of aromatic nitrogens is 2. The van der Waals surface area contributed by atoms with E-state index in [9.17, 15) is 40.7 Å². The summed E-state index contributed by atoms with van der Waals surface area (Å²) in [6.45, 7) is 4.35. The third-order valence-corrected chi connectivity index (χ3v) is 5.46. The molecule has 3 rings (SSSR count). The van der Waals surface area contributed by atoms with Crippen LogP contribution in [0.3, 0.4) is 0 Å². The maximum Gasteiger partial charge on any atom is 0.435 e. The standard InChI is InChI=1S/C27H26F6N4O5/c1-25(2,3)42-24(40)36(19(13-22(34)38)23(39)41-15-16-7-5-4-6-8-16)17-9-11-18(12-10-17)37-21(27(31,32)33)14-20(35-37)26(28,29)30/h4-12,14,19H,13,15H2,1-3H3,(H2,34,38)/t19-/m0/s1. The van der Waals surface area contributed by atoms with Crippen LogP contribution in [0.2, 0.25) is 0 Å². The first-order valence-corrected chi connectivity index (χ1v) is 12.2. The van der Waals surface area contributed by atoms with Crippen LogP contribution in [0.1, 0.15) is 44.1 Å². The molecule has 0 saturated carbocycles. The van der Waals surface area contributed by atoms with E-state index < -0.39 is 65.5 Å². The molecule has 0 radical (unpaired) electrons. The molecule has 0 saturated heterocycles. The highest BCUT2D eigenvalue weighted by atomic mass is 19.4. The van der Waals surface area contributed by atoms with Crippen molar-refractivity contribution in [3.05, 3.63) is 77.6 Å². The number of rotatable bonds is 8. The summed E-state index contributed by atoms with van der Waals surface area (Å²) >= 11 is 0. The molecular weight excluding hydrogens is 574 g/mol. The second-order valence-corrected chi connectivity index (χ2v) is 9.97. The van der Waals surface area contributed by atoms with Crippen LogP contribution in [0.5, 0.6) is 0 Å². The zero-order chi connectivity index (χ0) is 31.5. The van der Waals surface area contributed by atoms with Crippen LogP contribution < -0.4 is 10.6 Å². The molecule has 0 aliphatic carbocycles. The minimum atomic E-state index is -5.19. The van der Waals surface area contributed by atoms with Crippen LogP contribution in [0.15, 0.2) is 60.7 Å². The van der Waals surface area contributed by atoms with Crippen LogP contribution in [0.25, 0.3) is 5.69 Å². The number of esters is 1. The number of halogens is 6. The fraction of sp³-hybridized carbons (Fsp3) is 0.333. The van der Waals surface area contributed by atoms with Gasteiger partial charge in [0, 0.05) is 11.8 Å². The molecule has 1 aromatic heterocycles. The Morgan fingerprint density at radius 2 is 1.52 bits per heavy atom. The first-order chi connectivity index (χ1) is 19.4. The van der Waals surface area contributed by atoms with E-state index in [1.807, 2.05) is 0 Å². The lowest BCUT2D eigenvalue weighted by Crippen LogP contribution is -2.49. The number of ether oxygens (including phenoxy) is 2. The number of nitrogens with two attached hydrogens (primary N) is 1. The van der Waals surface area contributed by atoms with Crippen LogP contribution in [0, 0.1) is 0 Å². The van der Waals surface area contributed by atoms with Crippen molar-refractivity contribution >= 4 is 23.7 Å². The van der Waals surface area contributed by atoms with Crippen molar-refractivity contribution in [3.63, 3.8) is 0 Å². The topological polar surface area (TPSA) is 117 Å². The van der Waals surface area contributed by atoms with Crippen molar-refractivity contribution < 1.29 is 50.2 Å². The zero-order valence-electron chi connectivity index (χ0n) is 22.5. The molecule has 226 valence electrons. The molecule has 0 bridgehead atoms. The van der Waals surface area contributed by atoms with Gasteiger partial charge in [-0.1, -0.05) is 30.3 Å². The number of carbonyl (C=O) groups excluding carboxylic acids is 3. The SMILES string of the molecule is CC(C)(C)OC(=O)N(c1ccc(-n2nc(C(F)(F)F)cc2C(F)(F)F)cc1)[C@@H](CC(N)=O)C(=O)OCc1ccccc1. The molecule has 0 aliphatic rings. The van der Waals surface area contributed by atoms with Crippen molar-refractivity contribution in [1.82, 2.24) is 9.78 Å². The van der Waals surface area contributed by atoms with Gasteiger partial charge in [-0.15, -0.1) is 0 Å². The van der Waals surface area contributed by atoms with Crippen molar-refractivity contribution in [2.45, 2.75) is 57.8 Å². The largest absolute Gasteiger partial charge is 0.459 e. The van der Waals surface area contributed by atoms with Crippen molar-refractivity contribution in [2.75, 3.05) is 4.90 Å². The Kier molecular flexibility index (Phi) is 9.23. The molecule has 2 N–H and O–H groups in total. The summed E-state index contributed by atoms with van der Waals surface area (Å²) in [5.74, 6) is -2.04. The van der Waals surface area contributed by atoms with Gasteiger partial charge in [0.15, 0.2) is 5.69 Å². The van der Waals surface area contributed by atoms with Gasteiger partial charge in [-0.2, -0.15) is 31.4 Å². The van der Waals surface area contributed by atoms with Crippen LogP contribution in [0.4, 0.5) is 36.8 Å². The first kappa shape index (κ1) is 32.0.